The second kappa shape index (κ2) is 5.89. The Morgan fingerprint density at radius 3 is 2.18 bits per heavy atom. The van der Waals surface area contributed by atoms with E-state index in [1.54, 1.807) is 6.07 Å². The summed E-state index contributed by atoms with van der Waals surface area (Å²) in [5.41, 5.74) is 0. The number of hydrogen-bond donors (Lipinski definition) is 0. The molecule has 0 spiro atoms. The first-order chi connectivity index (χ1) is 8.02. The van der Waals surface area contributed by atoms with Crippen LogP contribution in [-0.2, 0) is 9.59 Å². The lowest BCUT2D eigenvalue weighted by atomic mass is 10.3. The van der Waals surface area contributed by atoms with Gasteiger partial charge in [-0.25, -0.2) is 0 Å². The molecule has 0 N–H and O–H groups in total. The Hall–Kier alpha value is -2.04. The van der Waals surface area contributed by atoms with E-state index in [2.05, 4.69) is 0 Å². The molecule has 17 heavy (non-hydrogen) atoms. The Labute approximate surface area is 99.3 Å². The molecule has 0 bridgehead atoms. The van der Waals surface area contributed by atoms with Gasteiger partial charge in [0.2, 0.25) is 0 Å². The molecule has 0 atom stereocenters. The van der Waals surface area contributed by atoms with Crippen LogP contribution in [0, 0.1) is 0 Å². The van der Waals surface area contributed by atoms with E-state index in [0.717, 1.165) is 0 Å². The van der Waals surface area contributed by atoms with Crippen molar-refractivity contribution >= 4 is 11.9 Å². The summed E-state index contributed by atoms with van der Waals surface area (Å²) in [4.78, 5) is 21.8. The number of carbonyl (C=O) groups excluding carboxylic acids is 2. The molecule has 92 valence electrons. The van der Waals surface area contributed by atoms with E-state index >= 15 is 0 Å². The highest BCUT2D eigenvalue weighted by Crippen LogP contribution is 2.31. The Kier molecular flexibility index (Phi) is 4.51. The summed E-state index contributed by atoms with van der Waals surface area (Å²) in [6.07, 6.45) is 0. The highest BCUT2D eigenvalue weighted by Gasteiger charge is 2.11. The number of rotatable bonds is 4. The van der Waals surface area contributed by atoms with E-state index in [4.69, 9.17) is 14.2 Å². The van der Waals surface area contributed by atoms with Crippen molar-refractivity contribution in [1.82, 2.24) is 0 Å². The summed E-state index contributed by atoms with van der Waals surface area (Å²) in [6, 6.07) is 4.66. The van der Waals surface area contributed by atoms with Gasteiger partial charge >= 0.3 is 11.9 Å². The van der Waals surface area contributed by atoms with Crippen LogP contribution >= 0.6 is 0 Å². The monoisotopic (exact) mass is 238 g/mol. The fourth-order valence-corrected chi connectivity index (χ4v) is 1.22. The number of hydrogen-bond acceptors (Lipinski definition) is 5. The third kappa shape index (κ3) is 4.14. The van der Waals surface area contributed by atoms with Gasteiger partial charge in [-0.2, -0.15) is 0 Å². The van der Waals surface area contributed by atoms with Gasteiger partial charge in [0.15, 0.2) is 11.5 Å². The number of ether oxygens (including phenoxy) is 3. The maximum absolute atomic E-state index is 10.9. The van der Waals surface area contributed by atoms with E-state index < -0.39 is 11.9 Å². The van der Waals surface area contributed by atoms with Crippen LogP contribution in [0.3, 0.4) is 0 Å². The zero-order valence-electron chi connectivity index (χ0n) is 9.98. The van der Waals surface area contributed by atoms with Crippen LogP contribution in [0.15, 0.2) is 18.2 Å². The maximum Gasteiger partial charge on any atom is 0.308 e. The quantitative estimate of drug-likeness (QED) is 0.592. The predicted octanol–water partition coefficient (Wildman–Crippen LogP) is 1.94. The highest BCUT2D eigenvalue weighted by molar-refractivity contribution is 5.73. The van der Waals surface area contributed by atoms with Crippen molar-refractivity contribution in [2.45, 2.75) is 20.8 Å². The zero-order chi connectivity index (χ0) is 12.8. The molecule has 0 saturated carbocycles. The molecule has 5 nitrogen and oxygen atoms in total. The van der Waals surface area contributed by atoms with Crippen molar-refractivity contribution in [3.63, 3.8) is 0 Å². The predicted molar refractivity (Wildman–Crippen MR) is 60.2 cm³/mol. The first-order valence-electron chi connectivity index (χ1n) is 5.16. The molecule has 0 amide bonds. The Bertz CT molecular complexity index is 425. The van der Waals surface area contributed by atoms with Crippen molar-refractivity contribution in [2.24, 2.45) is 0 Å². The normalized spacial score (nSPS) is 9.59. The average Bonchev–Trinajstić information content (AvgIpc) is 2.21. The minimum atomic E-state index is -0.493. The molecule has 0 unspecified atom stereocenters. The van der Waals surface area contributed by atoms with Crippen molar-refractivity contribution in [1.29, 1.82) is 0 Å². The molecule has 0 aromatic heterocycles. The van der Waals surface area contributed by atoms with Gasteiger partial charge in [-0.3, -0.25) is 9.59 Å². The second-order valence-corrected chi connectivity index (χ2v) is 3.23. The fraction of sp³-hybridized carbons (Fsp3) is 0.333. The van der Waals surface area contributed by atoms with Gasteiger partial charge in [-0.15, -0.1) is 0 Å². The van der Waals surface area contributed by atoms with Crippen LogP contribution in [0.4, 0.5) is 0 Å². The smallest absolute Gasteiger partial charge is 0.308 e. The van der Waals surface area contributed by atoms with Gasteiger partial charge in [-0.05, 0) is 19.1 Å². The number of carbonyl (C=O) groups is 2. The molecule has 0 aliphatic carbocycles. The topological polar surface area (TPSA) is 61.8 Å². The molecule has 0 aliphatic rings. The van der Waals surface area contributed by atoms with Crippen molar-refractivity contribution < 1.29 is 23.8 Å². The number of benzene rings is 1. The Morgan fingerprint density at radius 2 is 1.65 bits per heavy atom. The van der Waals surface area contributed by atoms with Gasteiger partial charge in [0.25, 0.3) is 0 Å². The molecule has 0 fully saturated rings. The van der Waals surface area contributed by atoms with Gasteiger partial charge < -0.3 is 14.2 Å². The summed E-state index contributed by atoms with van der Waals surface area (Å²) >= 11 is 0. The molecule has 0 heterocycles. The van der Waals surface area contributed by atoms with E-state index in [1.807, 2.05) is 6.92 Å². The van der Waals surface area contributed by atoms with Crippen LogP contribution in [0.1, 0.15) is 20.8 Å². The SMILES string of the molecule is CCOc1ccc(OC(C)=O)c(OC(C)=O)c1. The molecule has 1 aromatic rings. The molecule has 0 radical (unpaired) electrons. The first-order valence-corrected chi connectivity index (χ1v) is 5.16. The van der Waals surface area contributed by atoms with Gasteiger partial charge in [0.1, 0.15) is 5.75 Å². The van der Waals surface area contributed by atoms with E-state index in [9.17, 15) is 9.59 Å². The summed E-state index contributed by atoms with van der Waals surface area (Å²) < 4.78 is 15.1. The van der Waals surface area contributed by atoms with Crippen molar-refractivity contribution in [2.75, 3.05) is 6.61 Å². The van der Waals surface area contributed by atoms with E-state index in [0.29, 0.717) is 12.4 Å². The molecule has 1 aromatic carbocycles. The highest BCUT2D eigenvalue weighted by atomic mass is 16.6. The molecular weight excluding hydrogens is 224 g/mol. The molecule has 0 aliphatic heterocycles. The fourth-order valence-electron chi connectivity index (χ4n) is 1.22. The van der Waals surface area contributed by atoms with E-state index in [-0.39, 0.29) is 11.5 Å². The molecule has 0 saturated heterocycles. The van der Waals surface area contributed by atoms with Crippen LogP contribution in [-0.4, -0.2) is 18.5 Å². The third-order valence-corrected chi connectivity index (χ3v) is 1.73. The number of esters is 2. The minimum Gasteiger partial charge on any atom is -0.494 e. The lowest BCUT2D eigenvalue weighted by molar-refractivity contribution is -0.134. The first kappa shape index (κ1) is 13.0. The largest absolute Gasteiger partial charge is 0.494 e. The van der Waals surface area contributed by atoms with Crippen LogP contribution in [0.2, 0.25) is 0 Å². The zero-order valence-corrected chi connectivity index (χ0v) is 9.98. The Morgan fingerprint density at radius 1 is 1.06 bits per heavy atom. The van der Waals surface area contributed by atoms with Gasteiger partial charge in [0.05, 0.1) is 6.61 Å². The summed E-state index contributed by atoms with van der Waals surface area (Å²) in [6.45, 7) is 4.87. The molecule has 1 rings (SSSR count). The van der Waals surface area contributed by atoms with Crippen LogP contribution in [0.25, 0.3) is 0 Å². The summed E-state index contributed by atoms with van der Waals surface area (Å²) in [5.74, 6) is -0.0796. The third-order valence-electron chi connectivity index (χ3n) is 1.73. The van der Waals surface area contributed by atoms with Gasteiger partial charge in [0, 0.05) is 19.9 Å². The standard InChI is InChI=1S/C12H14O5/c1-4-15-10-5-6-11(16-8(2)13)12(7-10)17-9(3)14/h5-7H,4H2,1-3H3. The minimum absolute atomic E-state index is 0.165. The average molecular weight is 238 g/mol. The summed E-state index contributed by atoms with van der Waals surface area (Å²) in [7, 11) is 0. The van der Waals surface area contributed by atoms with E-state index in [1.165, 1.54) is 26.0 Å². The molecule has 5 heteroatoms. The van der Waals surface area contributed by atoms with Crippen LogP contribution in [0.5, 0.6) is 17.2 Å². The van der Waals surface area contributed by atoms with Crippen molar-refractivity contribution in [3.05, 3.63) is 18.2 Å². The van der Waals surface area contributed by atoms with Crippen LogP contribution < -0.4 is 14.2 Å². The van der Waals surface area contributed by atoms with Gasteiger partial charge in [-0.1, -0.05) is 0 Å². The second-order valence-electron chi connectivity index (χ2n) is 3.23. The maximum atomic E-state index is 10.9. The lowest BCUT2D eigenvalue weighted by Gasteiger charge is -2.10. The molecular formula is C12H14O5. The lowest BCUT2D eigenvalue weighted by Crippen LogP contribution is -2.07. The summed E-state index contributed by atoms with van der Waals surface area (Å²) in [5, 5.41) is 0. The Balaban J connectivity index is 3.02. The van der Waals surface area contributed by atoms with Crippen molar-refractivity contribution in [3.8, 4) is 17.2 Å².